The van der Waals surface area contributed by atoms with Crippen LogP contribution in [0.2, 0.25) is 5.02 Å². The van der Waals surface area contributed by atoms with Crippen LogP contribution < -0.4 is 5.32 Å². The van der Waals surface area contributed by atoms with Crippen molar-refractivity contribution in [3.63, 3.8) is 0 Å². The second-order valence-corrected chi connectivity index (χ2v) is 6.57. The van der Waals surface area contributed by atoms with Crippen LogP contribution in [0, 0.1) is 11.8 Å². The Balaban J connectivity index is 1.60. The van der Waals surface area contributed by atoms with E-state index in [0.29, 0.717) is 24.1 Å². The van der Waals surface area contributed by atoms with Gasteiger partial charge in [0.2, 0.25) is 5.89 Å². The molecule has 4 nitrogen and oxygen atoms in total. The van der Waals surface area contributed by atoms with Crippen LogP contribution in [0.1, 0.15) is 37.0 Å². The molecule has 3 rings (SSSR count). The lowest BCUT2D eigenvalue weighted by Crippen LogP contribution is -2.33. The first kappa shape index (κ1) is 15.5. The molecule has 22 heavy (non-hydrogen) atoms. The molecule has 0 amide bonds. The SMILES string of the molecule is CC(Cc1nc(Cc2ccccc2Cl)no1)C1CCCNC1. The largest absolute Gasteiger partial charge is 0.339 e. The minimum absolute atomic E-state index is 0.557. The lowest BCUT2D eigenvalue weighted by Gasteiger charge is -2.27. The Morgan fingerprint density at radius 1 is 1.41 bits per heavy atom. The van der Waals surface area contributed by atoms with Gasteiger partial charge in [0.15, 0.2) is 5.82 Å². The number of halogens is 1. The number of hydrogen-bond acceptors (Lipinski definition) is 4. The lowest BCUT2D eigenvalue weighted by atomic mass is 9.85. The standard InChI is InChI=1S/C17H22ClN3O/c1-12(14-6-4-8-19-11-14)9-17-20-16(21-22-17)10-13-5-2-3-7-15(13)18/h2-3,5,7,12,14,19H,4,6,8-11H2,1H3. The maximum absolute atomic E-state index is 6.17. The zero-order valence-electron chi connectivity index (χ0n) is 12.9. The van der Waals surface area contributed by atoms with Gasteiger partial charge in [0, 0.05) is 17.9 Å². The molecule has 1 saturated heterocycles. The van der Waals surface area contributed by atoms with E-state index in [1.54, 1.807) is 0 Å². The third-order valence-electron chi connectivity index (χ3n) is 4.45. The monoisotopic (exact) mass is 319 g/mol. The third-order valence-corrected chi connectivity index (χ3v) is 4.82. The van der Waals surface area contributed by atoms with Crippen LogP contribution in [0.15, 0.2) is 28.8 Å². The first-order chi connectivity index (χ1) is 10.7. The van der Waals surface area contributed by atoms with Crippen molar-refractivity contribution in [2.45, 2.75) is 32.6 Å². The minimum atomic E-state index is 0.557. The van der Waals surface area contributed by atoms with Gasteiger partial charge in [-0.25, -0.2) is 0 Å². The molecule has 118 valence electrons. The van der Waals surface area contributed by atoms with E-state index in [-0.39, 0.29) is 0 Å². The summed E-state index contributed by atoms with van der Waals surface area (Å²) >= 11 is 6.17. The van der Waals surface area contributed by atoms with Crippen molar-refractivity contribution in [1.29, 1.82) is 0 Å². The summed E-state index contributed by atoms with van der Waals surface area (Å²) in [5, 5.41) is 8.30. The number of nitrogens with one attached hydrogen (secondary N) is 1. The number of hydrogen-bond donors (Lipinski definition) is 1. The van der Waals surface area contributed by atoms with E-state index in [1.165, 1.54) is 12.8 Å². The van der Waals surface area contributed by atoms with E-state index in [2.05, 4.69) is 22.4 Å². The van der Waals surface area contributed by atoms with Crippen LogP contribution in [0.5, 0.6) is 0 Å². The van der Waals surface area contributed by atoms with E-state index in [4.69, 9.17) is 16.1 Å². The average molecular weight is 320 g/mol. The second-order valence-electron chi connectivity index (χ2n) is 6.16. The normalized spacial score (nSPS) is 20.0. The molecule has 5 heteroatoms. The Bertz CT molecular complexity index is 607. The van der Waals surface area contributed by atoms with Crippen molar-refractivity contribution >= 4 is 11.6 Å². The smallest absolute Gasteiger partial charge is 0.226 e. The van der Waals surface area contributed by atoms with E-state index in [1.807, 2.05) is 24.3 Å². The number of aromatic nitrogens is 2. The maximum atomic E-state index is 6.17. The highest BCUT2D eigenvalue weighted by atomic mass is 35.5. The van der Waals surface area contributed by atoms with Gasteiger partial charge < -0.3 is 9.84 Å². The van der Waals surface area contributed by atoms with Gasteiger partial charge in [0.1, 0.15) is 0 Å². The van der Waals surface area contributed by atoms with Crippen LogP contribution in [-0.2, 0) is 12.8 Å². The minimum Gasteiger partial charge on any atom is -0.339 e. The van der Waals surface area contributed by atoms with Gasteiger partial charge in [-0.05, 0) is 49.4 Å². The Morgan fingerprint density at radius 3 is 3.05 bits per heavy atom. The Labute approximate surface area is 136 Å². The third kappa shape index (κ3) is 3.87. The molecule has 0 saturated carbocycles. The lowest BCUT2D eigenvalue weighted by molar-refractivity contribution is 0.256. The second kappa shape index (κ2) is 7.25. The molecule has 1 aliphatic heterocycles. The summed E-state index contributed by atoms with van der Waals surface area (Å²) in [6, 6.07) is 7.78. The van der Waals surface area contributed by atoms with Crippen LogP contribution in [0.25, 0.3) is 0 Å². The van der Waals surface area contributed by atoms with E-state index in [9.17, 15) is 0 Å². The molecule has 2 heterocycles. The van der Waals surface area contributed by atoms with Gasteiger partial charge in [0.05, 0.1) is 0 Å². The van der Waals surface area contributed by atoms with Gasteiger partial charge in [-0.1, -0.05) is 41.9 Å². The topological polar surface area (TPSA) is 51.0 Å². The molecule has 2 unspecified atom stereocenters. The first-order valence-corrected chi connectivity index (χ1v) is 8.36. The predicted molar refractivity (Wildman–Crippen MR) is 87.0 cm³/mol. The Morgan fingerprint density at radius 2 is 2.27 bits per heavy atom. The molecule has 2 atom stereocenters. The maximum Gasteiger partial charge on any atom is 0.226 e. The summed E-state index contributed by atoms with van der Waals surface area (Å²) in [6.07, 6.45) is 4.01. The molecule has 1 aromatic carbocycles. The highest BCUT2D eigenvalue weighted by Gasteiger charge is 2.22. The molecule has 0 radical (unpaired) electrons. The summed E-state index contributed by atoms with van der Waals surface area (Å²) in [6.45, 7) is 4.52. The van der Waals surface area contributed by atoms with Crippen molar-refractivity contribution in [2.75, 3.05) is 13.1 Å². The molecule has 1 N–H and O–H groups in total. The predicted octanol–water partition coefficient (Wildman–Crippen LogP) is 3.49. The summed E-state index contributed by atoms with van der Waals surface area (Å²) < 4.78 is 5.41. The van der Waals surface area contributed by atoms with Gasteiger partial charge >= 0.3 is 0 Å². The van der Waals surface area contributed by atoms with Gasteiger partial charge in [-0.3, -0.25) is 0 Å². The molecule has 0 aliphatic carbocycles. The zero-order valence-corrected chi connectivity index (χ0v) is 13.6. The van der Waals surface area contributed by atoms with Crippen LogP contribution in [0.3, 0.4) is 0 Å². The van der Waals surface area contributed by atoms with Gasteiger partial charge in [-0.15, -0.1) is 0 Å². The fraction of sp³-hybridized carbons (Fsp3) is 0.529. The highest BCUT2D eigenvalue weighted by Crippen LogP contribution is 2.23. The fourth-order valence-electron chi connectivity index (χ4n) is 3.06. The van der Waals surface area contributed by atoms with Gasteiger partial charge in [-0.2, -0.15) is 4.98 Å². The number of piperidine rings is 1. The van der Waals surface area contributed by atoms with Gasteiger partial charge in [0.25, 0.3) is 0 Å². The van der Waals surface area contributed by atoms with Crippen LogP contribution in [-0.4, -0.2) is 23.2 Å². The molecular formula is C17H22ClN3O. The molecule has 1 fully saturated rings. The molecule has 2 aromatic rings. The van der Waals surface area contributed by atoms with Crippen LogP contribution in [0.4, 0.5) is 0 Å². The number of rotatable bonds is 5. The summed E-state index contributed by atoms with van der Waals surface area (Å²) in [7, 11) is 0. The number of nitrogens with zero attached hydrogens (tertiary/aromatic N) is 2. The molecule has 0 spiro atoms. The molecular weight excluding hydrogens is 298 g/mol. The summed E-state index contributed by atoms with van der Waals surface area (Å²) in [4.78, 5) is 4.52. The van der Waals surface area contributed by atoms with Crippen molar-refractivity contribution in [3.05, 3.63) is 46.6 Å². The Kier molecular flexibility index (Phi) is 5.11. The van der Waals surface area contributed by atoms with Crippen LogP contribution >= 0.6 is 11.6 Å². The fourth-order valence-corrected chi connectivity index (χ4v) is 3.27. The first-order valence-electron chi connectivity index (χ1n) is 7.98. The van der Waals surface area contributed by atoms with E-state index >= 15 is 0 Å². The number of benzene rings is 1. The summed E-state index contributed by atoms with van der Waals surface area (Å²) in [5.74, 6) is 2.70. The van der Waals surface area contributed by atoms with Crippen molar-refractivity contribution in [3.8, 4) is 0 Å². The highest BCUT2D eigenvalue weighted by molar-refractivity contribution is 6.31. The Hall–Kier alpha value is -1.39. The van der Waals surface area contributed by atoms with Crippen molar-refractivity contribution in [2.24, 2.45) is 11.8 Å². The quantitative estimate of drug-likeness (QED) is 0.916. The molecule has 1 aromatic heterocycles. The zero-order chi connectivity index (χ0) is 15.4. The van der Waals surface area contributed by atoms with E-state index < -0.39 is 0 Å². The molecule has 0 bridgehead atoms. The average Bonchev–Trinajstić information content (AvgIpc) is 2.97. The van der Waals surface area contributed by atoms with Crippen molar-refractivity contribution in [1.82, 2.24) is 15.5 Å². The van der Waals surface area contributed by atoms with E-state index in [0.717, 1.165) is 36.0 Å². The molecule has 1 aliphatic rings. The summed E-state index contributed by atoms with van der Waals surface area (Å²) in [5.41, 5.74) is 1.03. The van der Waals surface area contributed by atoms with Crippen molar-refractivity contribution < 1.29 is 4.52 Å².